The van der Waals surface area contributed by atoms with Gasteiger partial charge >= 0.3 is 5.97 Å². The molecule has 0 saturated carbocycles. The summed E-state index contributed by atoms with van der Waals surface area (Å²) in [7, 11) is 0. The van der Waals surface area contributed by atoms with Gasteiger partial charge in [0.05, 0.1) is 5.75 Å². The Kier molecular flexibility index (Phi) is 5.06. The molecule has 1 rings (SSSR count). The summed E-state index contributed by atoms with van der Waals surface area (Å²) in [5, 5.41) is 0. The van der Waals surface area contributed by atoms with Crippen molar-refractivity contribution in [3.05, 3.63) is 29.8 Å². The quantitative estimate of drug-likeness (QED) is 0.604. The maximum Gasteiger partial charge on any atom is 0.321 e. The average molecular weight is 252 g/mol. The fourth-order valence-electron chi connectivity index (χ4n) is 1.23. The molecule has 0 aromatic heterocycles. The molecule has 0 aliphatic carbocycles. The van der Waals surface area contributed by atoms with Gasteiger partial charge in [0.2, 0.25) is 0 Å². The minimum Gasteiger partial charge on any atom is -0.426 e. The fourth-order valence-corrected chi connectivity index (χ4v) is 1.84. The van der Waals surface area contributed by atoms with E-state index in [1.54, 1.807) is 11.8 Å². The zero-order valence-electron chi connectivity index (χ0n) is 10.9. The predicted molar refractivity (Wildman–Crippen MR) is 73.7 cm³/mol. The third-order valence-electron chi connectivity index (χ3n) is 2.19. The van der Waals surface area contributed by atoms with Crippen LogP contribution in [0.25, 0.3) is 0 Å². The number of thioether (sulfide) groups is 1. The summed E-state index contributed by atoms with van der Waals surface area (Å²) in [6.45, 7) is 8.35. The third-order valence-corrected chi connectivity index (χ3v) is 3.43. The molecule has 17 heavy (non-hydrogen) atoms. The Morgan fingerprint density at radius 2 is 1.82 bits per heavy atom. The van der Waals surface area contributed by atoms with Crippen molar-refractivity contribution in [3.63, 3.8) is 0 Å². The first-order chi connectivity index (χ1) is 7.90. The van der Waals surface area contributed by atoms with E-state index in [0.717, 1.165) is 6.42 Å². The summed E-state index contributed by atoms with van der Waals surface area (Å²) in [4.78, 5) is 11.6. The maximum absolute atomic E-state index is 11.6. The Hall–Kier alpha value is -0.960. The van der Waals surface area contributed by atoms with Gasteiger partial charge in [0, 0.05) is 4.75 Å². The van der Waals surface area contributed by atoms with Crippen molar-refractivity contribution in [3.8, 4) is 5.75 Å². The maximum atomic E-state index is 11.6. The van der Waals surface area contributed by atoms with E-state index >= 15 is 0 Å². The molecule has 0 saturated heterocycles. The predicted octanol–water partition coefficient (Wildman–Crippen LogP) is 3.69. The van der Waals surface area contributed by atoms with Crippen LogP contribution in [0.5, 0.6) is 5.75 Å². The number of aryl methyl sites for hydroxylation is 1. The van der Waals surface area contributed by atoms with Gasteiger partial charge in [-0.05, 0) is 24.1 Å². The Balaban J connectivity index is 2.45. The molecular weight excluding hydrogens is 232 g/mol. The molecule has 0 aliphatic rings. The summed E-state index contributed by atoms with van der Waals surface area (Å²) >= 11 is 1.59. The van der Waals surface area contributed by atoms with E-state index in [1.807, 2.05) is 24.3 Å². The molecule has 0 N–H and O–H groups in total. The lowest BCUT2D eigenvalue weighted by Crippen LogP contribution is -2.16. The minimum atomic E-state index is -0.186. The van der Waals surface area contributed by atoms with Crippen LogP contribution in [0.15, 0.2) is 24.3 Å². The molecule has 1 aromatic rings. The SMILES string of the molecule is CCc1ccc(OC(=O)CSC(C)(C)C)cc1. The molecule has 2 nitrogen and oxygen atoms in total. The van der Waals surface area contributed by atoms with Gasteiger partial charge in [0.1, 0.15) is 5.75 Å². The van der Waals surface area contributed by atoms with Crippen molar-refractivity contribution >= 4 is 17.7 Å². The monoisotopic (exact) mass is 252 g/mol. The summed E-state index contributed by atoms with van der Waals surface area (Å²) in [6, 6.07) is 7.66. The molecule has 0 spiro atoms. The summed E-state index contributed by atoms with van der Waals surface area (Å²) in [5.41, 5.74) is 1.24. The Morgan fingerprint density at radius 1 is 1.24 bits per heavy atom. The zero-order chi connectivity index (χ0) is 12.9. The van der Waals surface area contributed by atoms with Gasteiger partial charge in [-0.2, -0.15) is 0 Å². The molecule has 0 bridgehead atoms. The lowest BCUT2D eigenvalue weighted by Gasteiger charge is -2.16. The highest BCUT2D eigenvalue weighted by atomic mass is 32.2. The van der Waals surface area contributed by atoms with Crippen LogP contribution in [0.3, 0.4) is 0 Å². The smallest absolute Gasteiger partial charge is 0.321 e. The first-order valence-corrected chi connectivity index (χ1v) is 6.83. The van der Waals surface area contributed by atoms with Crippen LogP contribution in [0.4, 0.5) is 0 Å². The van der Waals surface area contributed by atoms with Gasteiger partial charge in [0.25, 0.3) is 0 Å². The van der Waals surface area contributed by atoms with E-state index in [-0.39, 0.29) is 10.7 Å². The number of ether oxygens (including phenoxy) is 1. The Labute approximate surface area is 108 Å². The second-order valence-corrected chi connectivity index (χ2v) is 6.67. The number of hydrogen-bond acceptors (Lipinski definition) is 3. The molecular formula is C14H20O2S. The molecule has 0 atom stereocenters. The number of hydrogen-bond donors (Lipinski definition) is 0. The van der Waals surface area contributed by atoms with Crippen molar-refractivity contribution in [2.45, 2.75) is 38.9 Å². The van der Waals surface area contributed by atoms with E-state index in [2.05, 4.69) is 27.7 Å². The van der Waals surface area contributed by atoms with Crippen molar-refractivity contribution in [1.29, 1.82) is 0 Å². The lowest BCUT2D eigenvalue weighted by atomic mass is 10.2. The first kappa shape index (κ1) is 14.1. The number of rotatable bonds is 4. The molecule has 1 aromatic carbocycles. The van der Waals surface area contributed by atoms with Crippen LogP contribution in [0.1, 0.15) is 33.3 Å². The third kappa shape index (κ3) is 5.78. The molecule has 0 fully saturated rings. The molecule has 0 aliphatic heterocycles. The molecule has 3 heteroatoms. The van der Waals surface area contributed by atoms with E-state index in [9.17, 15) is 4.79 Å². The molecule has 94 valence electrons. The van der Waals surface area contributed by atoms with Gasteiger partial charge in [-0.15, -0.1) is 11.8 Å². The van der Waals surface area contributed by atoms with Crippen LogP contribution < -0.4 is 4.74 Å². The Bertz CT molecular complexity index is 363. The number of carbonyl (C=O) groups is 1. The van der Waals surface area contributed by atoms with E-state index < -0.39 is 0 Å². The van der Waals surface area contributed by atoms with E-state index in [0.29, 0.717) is 11.5 Å². The van der Waals surface area contributed by atoms with Crippen molar-refractivity contribution in [1.82, 2.24) is 0 Å². The fraction of sp³-hybridized carbons (Fsp3) is 0.500. The topological polar surface area (TPSA) is 26.3 Å². The van der Waals surface area contributed by atoms with Gasteiger partial charge in [-0.1, -0.05) is 39.8 Å². The normalized spacial score (nSPS) is 11.3. The first-order valence-electron chi connectivity index (χ1n) is 5.84. The number of benzene rings is 1. The van der Waals surface area contributed by atoms with E-state index in [4.69, 9.17) is 4.74 Å². The number of esters is 1. The van der Waals surface area contributed by atoms with Gasteiger partial charge in [0.15, 0.2) is 0 Å². The van der Waals surface area contributed by atoms with Crippen LogP contribution in [0, 0.1) is 0 Å². The second kappa shape index (κ2) is 6.10. The van der Waals surface area contributed by atoms with E-state index in [1.165, 1.54) is 5.56 Å². The van der Waals surface area contributed by atoms with Crippen LogP contribution in [-0.2, 0) is 11.2 Å². The summed E-state index contributed by atoms with van der Waals surface area (Å²) in [6.07, 6.45) is 0.994. The Morgan fingerprint density at radius 3 is 2.29 bits per heavy atom. The summed E-state index contributed by atoms with van der Waals surface area (Å²) < 4.78 is 5.34. The van der Waals surface area contributed by atoms with Crippen molar-refractivity contribution in [2.75, 3.05) is 5.75 Å². The molecule has 0 radical (unpaired) electrons. The van der Waals surface area contributed by atoms with Crippen LogP contribution >= 0.6 is 11.8 Å². The van der Waals surface area contributed by atoms with Gasteiger partial charge in [-0.25, -0.2) is 0 Å². The van der Waals surface area contributed by atoms with Crippen LogP contribution in [-0.4, -0.2) is 16.5 Å². The molecule has 0 heterocycles. The second-order valence-electron chi connectivity index (χ2n) is 4.87. The highest BCUT2D eigenvalue weighted by Gasteiger charge is 2.14. The molecule has 0 unspecified atom stereocenters. The lowest BCUT2D eigenvalue weighted by molar-refractivity contribution is -0.131. The van der Waals surface area contributed by atoms with Gasteiger partial charge in [-0.3, -0.25) is 4.79 Å². The average Bonchev–Trinajstić information content (AvgIpc) is 2.27. The molecule has 0 amide bonds. The highest BCUT2D eigenvalue weighted by molar-refractivity contribution is 8.01. The summed E-state index contributed by atoms with van der Waals surface area (Å²) in [5.74, 6) is 0.829. The standard InChI is InChI=1S/C14H20O2S/c1-5-11-6-8-12(9-7-11)16-13(15)10-17-14(2,3)4/h6-9H,5,10H2,1-4H3. The van der Waals surface area contributed by atoms with Crippen LogP contribution in [0.2, 0.25) is 0 Å². The van der Waals surface area contributed by atoms with Crippen molar-refractivity contribution < 1.29 is 9.53 Å². The van der Waals surface area contributed by atoms with Gasteiger partial charge < -0.3 is 4.74 Å². The highest BCUT2D eigenvalue weighted by Crippen LogP contribution is 2.23. The largest absolute Gasteiger partial charge is 0.426 e. The zero-order valence-corrected chi connectivity index (χ0v) is 11.8. The minimum absolute atomic E-state index is 0.0884. The van der Waals surface area contributed by atoms with Crippen molar-refractivity contribution in [2.24, 2.45) is 0 Å². The number of carbonyl (C=O) groups excluding carboxylic acids is 1.